The molecule has 0 saturated heterocycles. The number of aromatic nitrogens is 1. The van der Waals surface area contributed by atoms with Gasteiger partial charge in [-0.15, -0.1) is 0 Å². The standard InChI is InChI=1S/C21H24N2O/c1-3-22(4-2)14-15-23-16-20(17-10-6-5-7-11-17)18-12-8-9-13-19(18)21(23)24/h5-13,16H,3-4,14-15H2,1-2H3. The molecule has 0 aliphatic rings. The quantitative estimate of drug-likeness (QED) is 0.685. The second kappa shape index (κ2) is 7.45. The Balaban J connectivity index is 2.10. The lowest BCUT2D eigenvalue weighted by atomic mass is 10.0. The largest absolute Gasteiger partial charge is 0.313 e. The van der Waals surface area contributed by atoms with Crippen molar-refractivity contribution >= 4 is 10.8 Å². The molecule has 0 spiro atoms. The van der Waals surface area contributed by atoms with E-state index >= 15 is 0 Å². The normalized spacial score (nSPS) is 11.3. The second-order valence-electron chi connectivity index (χ2n) is 5.98. The van der Waals surface area contributed by atoms with Gasteiger partial charge in [-0.05, 0) is 30.1 Å². The van der Waals surface area contributed by atoms with Crippen LogP contribution in [0.15, 0.2) is 65.6 Å². The average Bonchev–Trinajstić information content (AvgIpc) is 2.65. The van der Waals surface area contributed by atoms with Crippen molar-refractivity contribution in [2.24, 2.45) is 0 Å². The maximum atomic E-state index is 12.8. The van der Waals surface area contributed by atoms with E-state index in [0.29, 0.717) is 6.54 Å². The fourth-order valence-corrected chi connectivity index (χ4v) is 3.15. The fraction of sp³-hybridized carbons (Fsp3) is 0.286. The molecule has 0 N–H and O–H groups in total. The Bertz CT molecular complexity index is 864. The summed E-state index contributed by atoms with van der Waals surface area (Å²) in [6.07, 6.45) is 2.02. The number of nitrogens with zero attached hydrogens (tertiary/aromatic N) is 2. The molecule has 3 rings (SSSR count). The highest BCUT2D eigenvalue weighted by atomic mass is 16.1. The highest BCUT2D eigenvalue weighted by molar-refractivity contribution is 5.95. The molecule has 0 atom stereocenters. The van der Waals surface area contributed by atoms with Crippen molar-refractivity contribution < 1.29 is 0 Å². The summed E-state index contributed by atoms with van der Waals surface area (Å²) in [5.74, 6) is 0. The number of pyridine rings is 1. The van der Waals surface area contributed by atoms with Crippen LogP contribution in [-0.2, 0) is 6.54 Å². The van der Waals surface area contributed by atoms with Crippen LogP contribution in [0.3, 0.4) is 0 Å². The zero-order valence-corrected chi connectivity index (χ0v) is 14.4. The van der Waals surface area contributed by atoms with Crippen molar-refractivity contribution in [1.29, 1.82) is 0 Å². The summed E-state index contributed by atoms with van der Waals surface area (Å²) >= 11 is 0. The van der Waals surface area contributed by atoms with Crippen molar-refractivity contribution in [3.8, 4) is 11.1 Å². The molecule has 0 radical (unpaired) electrons. The summed E-state index contributed by atoms with van der Waals surface area (Å²) in [5.41, 5.74) is 2.35. The molecule has 0 unspecified atom stereocenters. The van der Waals surface area contributed by atoms with Gasteiger partial charge in [0.2, 0.25) is 0 Å². The minimum absolute atomic E-state index is 0.0948. The van der Waals surface area contributed by atoms with E-state index in [1.165, 1.54) is 0 Å². The van der Waals surface area contributed by atoms with Crippen LogP contribution in [0.5, 0.6) is 0 Å². The van der Waals surface area contributed by atoms with Gasteiger partial charge in [-0.3, -0.25) is 4.79 Å². The molecule has 0 amide bonds. The Morgan fingerprint density at radius 3 is 2.17 bits per heavy atom. The molecular weight excluding hydrogens is 296 g/mol. The van der Waals surface area contributed by atoms with Crippen molar-refractivity contribution in [1.82, 2.24) is 9.47 Å². The van der Waals surface area contributed by atoms with Gasteiger partial charge in [0.25, 0.3) is 5.56 Å². The second-order valence-corrected chi connectivity index (χ2v) is 5.98. The number of hydrogen-bond acceptors (Lipinski definition) is 2. The van der Waals surface area contributed by atoms with E-state index in [2.05, 4.69) is 30.9 Å². The maximum absolute atomic E-state index is 12.8. The lowest BCUT2D eigenvalue weighted by molar-refractivity contribution is 0.289. The zero-order chi connectivity index (χ0) is 16.9. The Labute approximate surface area is 143 Å². The van der Waals surface area contributed by atoms with Crippen LogP contribution in [0.2, 0.25) is 0 Å². The molecular formula is C21H24N2O. The Kier molecular flexibility index (Phi) is 5.11. The molecule has 2 aromatic carbocycles. The first-order chi connectivity index (χ1) is 11.7. The minimum atomic E-state index is 0.0948. The van der Waals surface area contributed by atoms with Gasteiger partial charge < -0.3 is 9.47 Å². The minimum Gasteiger partial charge on any atom is -0.313 e. The van der Waals surface area contributed by atoms with Gasteiger partial charge in [-0.1, -0.05) is 62.4 Å². The van der Waals surface area contributed by atoms with Crippen LogP contribution >= 0.6 is 0 Å². The SMILES string of the molecule is CCN(CC)CCn1cc(-c2ccccc2)c2ccccc2c1=O. The van der Waals surface area contributed by atoms with Crippen LogP contribution in [0.1, 0.15) is 13.8 Å². The van der Waals surface area contributed by atoms with E-state index in [1.807, 2.05) is 53.2 Å². The predicted molar refractivity (Wildman–Crippen MR) is 101 cm³/mol. The monoisotopic (exact) mass is 320 g/mol. The average molecular weight is 320 g/mol. The summed E-state index contributed by atoms with van der Waals surface area (Å²) in [7, 11) is 0. The van der Waals surface area contributed by atoms with Crippen LogP contribution in [0, 0.1) is 0 Å². The van der Waals surface area contributed by atoms with Crippen LogP contribution < -0.4 is 5.56 Å². The zero-order valence-electron chi connectivity index (χ0n) is 14.4. The first-order valence-electron chi connectivity index (χ1n) is 8.64. The Hall–Kier alpha value is -2.39. The molecule has 1 heterocycles. The van der Waals surface area contributed by atoms with Gasteiger partial charge in [0, 0.05) is 30.2 Å². The van der Waals surface area contributed by atoms with Gasteiger partial charge in [0.05, 0.1) is 0 Å². The number of fused-ring (bicyclic) bond motifs is 1. The molecule has 1 aromatic heterocycles. The smallest absolute Gasteiger partial charge is 0.258 e. The molecule has 3 nitrogen and oxygen atoms in total. The third-order valence-electron chi connectivity index (χ3n) is 4.63. The summed E-state index contributed by atoms with van der Waals surface area (Å²) in [4.78, 5) is 15.2. The predicted octanol–water partition coefficient (Wildman–Crippen LogP) is 4.01. The molecule has 0 aliphatic carbocycles. The lowest BCUT2D eigenvalue weighted by Crippen LogP contribution is -2.30. The van der Waals surface area contributed by atoms with E-state index in [-0.39, 0.29) is 5.56 Å². The van der Waals surface area contributed by atoms with Crippen LogP contribution in [0.4, 0.5) is 0 Å². The van der Waals surface area contributed by atoms with E-state index in [4.69, 9.17) is 0 Å². The number of hydrogen-bond donors (Lipinski definition) is 0. The summed E-state index contributed by atoms with van der Waals surface area (Å²) < 4.78 is 1.86. The number of benzene rings is 2. The summed E-state index contributed by atoms with van der Waals surface area (Å²) in [6.45, 7) is 7.92. The summed E-state index contributed by atoms with van der Waals surface area (Å²) in [6, 6.07) is 18.2. The van der Waals surface area contributed by atoms with E-state index in [0.717, 1.165) is 41.5 Å². The van der Waals surface area contributed by atoms with Gasteiger partial charge in [-0.2, -0.15) is 0 Å². The molecule has 0 fully saturated rings. The van der Waals surface area contributed by atoms with Crippen molar-refractivity contribution in [3.05, 3.63) is 71.1 Å². The molecule has 24 heavy (non-hydrogen) atoms. The van der Waals surface area contributed by atoms with Crippen LogP contribution in [-0.4, -0.2) is 29.1 Å². The van der Waals surface area contributed by atoms with Crippen LogP contribution in [0.25, 0.3) is 21.9 Å². The fourth-order valence-electron chi connectivity index (χ4n) is 3.15. The highest BCUT2D eigenvalue weighted by Crippen LogP contribution is 2.26. The van der Waals surface area contributed by atoms with E-state index in [9.17, 15) is 4.79 Å². The molecule has 0 saturated carbocycles. The molecule has 0 aliphatic heterocycles. The Morgan fingerprint density at radius 2 is 1.50 bits per heavy atom. The van der Waals surface area contributed by atoms with Gasteiger partial charge in [0.1, 0.15) is 0 Å². The molecule has 3 heteroatoms. The van der Waals surface area contributed by atoms with Gasteiger partial charge in [0.15, 0.2) is 0 Å². The van der Waals surface area contributed by atoms with Crippen molar-refractivity contribution in [2.75, 3.05) is 19.6 Å². The first kappa shape index (κ1) is 16.5. The third kappa shape index (κ3) is 3.26. The van der Waals surface area contributed by atoms with Crippen molar-refractivity contribution in [2.45, 2.75) is 20.4 Å². The highest BCUT2D eigenvalue weighted by Gasteiger charge is 2.10. The number of likely N-dealkylation sites (N-methyl/N-ethyl adjacent to an activating group) is 1. The van der Waals surface area contributed by atoms with Gasteiger partial charge >= 0.3 is 0 Å². The molecule has 0 bridgehead atoms. The first-order valence-corrected chi connectivity index (χ1v) is 8.64. The lowest BCUT2D eigenvalue weighted by Gasteiger charge is -2.19. The topological polar surface area (TPSA) is 25.2 Å². The molecule has 124 valence electrons. The third-order valence-corrected chi connectivity index (χ3v) is 4.63. The van der Waals surface area contributed by atoms with Gasteiger partial charge in [-0.25, -0.2) is 0 Å². The number of rotatable bonds is 6. The van der Waals surface area contributed by atoms with E-state index in [1.54, 1.807) is 0 Å². The Morgan fingerprint density at radius 1 is 0.875 bits per heavy atom. The summed E-state index contributed by atoms with van der Waals surface area (Å²) in [5, 5.41) is 1.81. The van der Waals surface area contributed by atoms with Crippen molar-refractivity contribution in [3.63, 3.8) is 0 Å². The maximum Gasteiger partial charge on any atom is 0.258 e. The molecule has 3 aromatic rings. The van der Waals surface area contributed by atoms with E-state index < -0.39 is 0 Å².